The lowest BCUT2D eigenvalue weighted by atomic mass is 10.0. The van der Waals surface area contributed by atoms with Crippen LogP contribution in [0.25, 0.3) is 10.6 Å². The zero-order valence-corrected chi connectivity index (χ0v) is 17.0. The van der Waals surface area contributed by atoms with Gasteiger partial charge in [0.1, 0.15) is 10.7 Å². The molecule has 0 radical (unpaired) electrons. The Balaban J connectivity index is 0.00000210. The summed E-state index contributed by atoms with van der Waals surface area (Å²) in [7, 11) is 1.86. The van der Waals surface area contributed by atoms with Gasteiger partial charge in [0.25, 0.3) is 5.91 Å². The summed E-state index contributed by atoms with van der Waals surface area (Å²) in [6, 6.07) is 7.62. The molecule has 2 aromatic heterocycles. The van der Waals surface area contributed by atoms with E-state index in [1.807, 2.05) is 47.8 Å². The Morgan fingerprint density at radius 1 is 1.41 bits per heavy atom. The summed E-state index contributed by atoms with van der Waals surface area (Å²) in [4.78, 5) is 19.5. The molecule has 0 bridgehead atoms. The molecule has 0 saturated carbocycles. The Morgan fingerprint density at radius 2 is 2.26 bits per heavy atom. The minimum Gasteiger partial charge on any atom is -0.328 e. The molecule has 1 aromatic carbocycles. The molecule has 9 heteroatoms. The highest BCUT2D eigenvalue weighted by Crippen LogP contribution is 2.28. The van der Waals surface area contributed by atoms with Gasteiger partial charge in [-0.15, -0.1) is 23.7 Å². The van der Waals surface area contributed by atoms with E-state index in [4.69, 9.17) is 11.6 Å². The Labute approximate surface area is 172 Å². The number of amides is 1. The number of hydrogen-bond acceptors (Lipinski definition) is 5. The molecule has 1 N–H and O–H groups in total. The van der Waals surface area contributed by atoms with Crippen LogP contribution in [0.5, 0.6) is 0 Å². The fraction of sp³-hybridized carbons (Fsp3) is 0.278. The van der Waals surface area contributed by atoms with Crippen LogP contribution in [0.1, 0.15) is 22.1 Å². The number of nitrogens with zero attached hydrogens (tertiary/aromatic N) is 4. The minimum absolute atomic E-state index is 0. The molecule has 1 saturated heterocycles. The summed E-state index contributed by atoms with van der Waals surface area (Å²) in [6.45, 7) is 2.10. The van der Waals surface area contributed by atoms with Crippen molar-refractivity contribution < 1.29 is 4.79 Å². The quantitative estimate of drug-likeness (QED) is 0.700. The molecular weight excluding hydrogens is 405 g/mol. The van der Waals surface area contributed by atoms with Crippen molar-refractivity contribution in [2.45, 2.75) is 6.04 Å². The molecule has 3 aromatic rings. The lowest BCUT2D eigenvalue weighted by Crippen LogP contribution is -2.48. The van der Waals surface area contributed by atoms with E-state index in [0.717, 1.165) is 22.7 Å². The molecule has 1 aliphatic heterocycles. The van der Waals surface area contributed by atoms with Crippen molar-refractivity contribution >= 4 is 41.3 Å². The highest BCUT2D eigenvalue weighted by atomic mass is 35.5. The third-order valence-corrected chi connectivity index (χ3v) is 5.54. The van der Waals surface area contributed by atoms with Gasteiger partial charge in [-0.3, -0.25) is 9.48 Å². The molecule has 0 aliphatic carbocycles. The maximum absolute atomic E-state index is 13.1. The van der Waals surface area contributed by atoms with Crippen LogP contribution in [-0.4, -0.2) is 45.2 Å². The molecule has 1 atom stereocenters. The van der Waals surface area contributed by atoms with Crippen molar-refractivity contribution in [3.05, 3.63) is 58.3 Å². The van der Waals surface area contributed by atoms with Crippen LogP contribution < -0.4 is 5.32 Å². The molecule has 142 valence electrons. The Bertz CT molecular complexity index is 941. The van der Waals surface area contributed by atoms with E-state index >= 15 is 0 Å². The molecule has 6 nitrogen and oxygen atoms in total. The van der Waals surface area contributed by atoms with Crippen molar-refractivity contribution in [1.82, 2.24) is 25.0 Å². The first-order valence-electron chi connectivity index (χ1n) is 8.33. The highest BCUT2D eigenvalue weighted by Gasteiger charge is 2.30. The van der Waals surface area contributed by atoms with Crippen molar-refractivity contribution in [1.29, 1.82) is 0 Å². The van der Waals surface area contributed by atoms with Crippen LogP contribution in [0.4, 0.5) is 0 Å². The molecule has 1 aliphatic rings. The number of piperazine rings is 1. The van der Waals surface area contributed by atoms with Crippen LogP contribution in [0.15, 0.2) is 42.0 Å². The first-order valence-corrected chi connectivity index (χ1v) is 9.59. The lowest BCUT2D eigenvalue weighted by molar-refractivity contribution is 0.0629. The van der Waals surface area contributed by atoms with Crippen molar-refractivity contribution in [3.8, 4) is 10.6 Å². The molecule has 3 heterocycles. The molecule has 1 unspecified atom stereocenters. The van der Waals surface area contributed by atoms with Gasteiger partial charge in [-0.05, 0) is 17.7 Å². The number of nitrogens with one attached hydrogen (secondary N) is 1. The number of rotatable bonds is 3. The summed E-state index contributed by atoms with van der Waals surface area (Å²) < 4.78 is 1.73. The van der Waals surface area contributed by atoms with Gasteiger partial charge >= 0.3 is 0 Å². The van der Waals surface area contributed by atoms with E-state index in [-0.39, 0.29) is 24.4 Å². The number of thiazole rings is 1. The number of carbonyl (C=O) groups excluding carboxylic acids is 1. The number of aromatic nitrogens is 3. The van der Waals surface area contributed by atoms with E-state index < -0.39 is 0 Å². The van der Waals surface area contributed by atoms with Gasteiger partial charge < -0.3 is 10.2 Å². The monoisotopic (exact) mass is 423 g/mol. The van der Waals surface area contributed by atoms with Gasteiger partial charge in [-0.25, -0.2) is 4.98 Å². The van der Waals surface area contributed by atoms with Crippen LogP contribution >= 0.6 is 35.3 Å². The normalized spacial score (nSPS) is 16.8. The molecule has 27 heavy (non-hydrogen) atoms. The van der Waals surface area contributed by atoms with Crippen molar-refractivity contribution in [2.75, 3.05) is 19.6 Å². The van der Waals surface area contributed by atoms with Crippen LogP contribution in [0.3, 0.4) is 0 Å². The maximum atomic E-state index is 13.1. The molecule has 4 rings (SSSR count). The van der Waals surface area contributed by atoms with Gasteiger partial charge in [-0.1, -0.05) is 23.7 Å². The van der Waals surface area contributed by atoms with Crippen LogP contribution in [0.2, 0.25) is 5.02 Å². The molecular formula is C18H19Cl2N5OS. The Hall–Kier alpha value is -1.93. The minimum atomic E-state index is -0.0570. The van der Waals surface area contributed by atoms with Gasteiger partial charge in [0.2, 0.25) is 0 Å². The van der Waals surface area contributed by atoms with E-state index in [1.54, 1.807) is 10.9 Å². The fourth-order valence-electron chi connectivity index (χ4n) is 3.14. The van der Waals surface area contributed by atoms with Crippen molar-refractivity contribution in [2.24, 2.45) is 7.05 Å². The van der Waals surface area contributed by atoms with Crippen molar-refractivity contribution in [3.63, 3.8) is 0 Å². The van der Waals surface area contributed by atoms with Gasteiger partial charge in [0.05, 0.1) is 12.2 Å². The standard InChI is InChI=1S/C18H18ClN5OS.ClH/c1-23-10-13(8-21-23)17-22-15(11-26-17)18(25)24-6-5-20-9-16(24)12-3-2-4-14(19)7-12;/h2-4,7-8,10-11,16,20H,5-6,9H2,1H3;1H. The zero-order chi connectivity index (χ0) is 18.1. The highest BCUT2D eigenvalue weighted by molar-refractivity contribution is 7.13. The summed E-state index contributed by atoms with van der Waals surface area (Å²) in [5.74, 6) is -0.0529. The average Bonchev–Trinajstić information content (AvgIpc) is 3.30. The molecule has 0 spiro atoms. The maximum Gasteiger partial charge on any atom is 0.273 e. The second kappa shape index (κ2) is 8.39. The van der Waals surface area contributed by atoms with Crippen LogP contribution in [0, 0.1) is 0 Å². The predicted molar refractivity (Wildman–Crippen MR) is 110 cm³/mol. The summed E-state index contributed by atoms with van der Waals surface area (Å²) in [6.07, 6.45) is 3.65. The summed E-state index contributed by atoms with van der Waals surface area (Å²) in [5.41, 5.74) is 2.42. The lowest BCUT2D eigenvalue weighted by Gasteiger charge is -2.36. The predicted octanol–water partition coefficient (Wildman–Crippen LogP) is 3.41. The Kier molecular flexibility index (Phi) is 6.16. The number of hydrogen-bond donors (Lipinski definition) is 1. The first-order chi connectivity index (χ1) is 12.6. The number of benzene rings is 1. The SMILES string of the molecule is Cl.Cn1cc(-c2nc(C(=O)N3CCNCC3c3cccc(Cl)c3)cs2)cn1. The van der Waals surface area contributed by atoms with E-state index in [0.29, 0.717) is 23.8 Å². The summed E-state index contributed by atoms with van der Waals surface area (Å²) >= 11 is 7.60. The topological polar surface area (TPSA) is 63.1 Å². The summed E-state index contributed by atoms with van der Waals surface area (Å²) in [5, 5.41) is 10.8. The average molecular weight is 424 g/mol. The van der Waals surface area contributed by atoms with Gasteiger partial charge in [0, 0.05) is 48.8 Å². The second-order valence-corrected chi connectivity index (χ2v) is 7.51. The largest absolute Gasteiger partial charge is 0.328 e. The Morgan fingerprint density at radius 3 is 3.00 bits per heavy atom. The third-order valence-electron chi connectivity index (χ3n) is 4.41. The third kappa shape index (κ3) is 4.16. The fourth-order valence-corrected chi connectivity index (χ4v) is 4.11. The van der Waals surface area contributed by atoms with Crippen LogP contribution in [-0.2, 0) is 7.05 Å². The smallest absolute Gasteiger partial charge is 0.273 e. The zero-order valence-electron chi connectivity index (χ0n) is 14.6. The van der Waals surface area contributed by atoms with E-state index in [1.165, 1.54) is 11.3 Å². The molecule has 1 fully saturated rings. The van der Waals surface area contributed by atoms with Gasteiger partial charge in [0.15, 0.2) is 0 Å². The number of halogens is 2. The van der Waals surface area contributed by atoms with E-state index in [2.05, 4.69) is 15.4 Å². The van der Waals surface area contributed by atoms with Gasteiger partial charge in [-0.2, -0.15) is 5.10 Å². The van der Waals surface area contributed by atoms with E-state index in [9.17, 15) is 4.79 Å². The molecule has 1 amide bonds. The second-order valence-electron chi connectivity index (χ2n) is 6.21. The number of carbonyl (C=O) groups is 1. The number of aryl methyl sites for hydroxylation is 1. The first kappa shape index (κ1) is 19.8.